The van der Waals surface area contributed by atoms with Crippen LogP contribution in [0.15, 0.2) is 36.7 Å². The lowest BCUT2D eigenvalue weighted by atomic mass is 9.78. The Hall–Kier alpha value is -1.39. The maximum atomic E-state index is 6.10. The van der Waals surface area contributed by atoms with E-state index in [1.54, 1.807) is 0 Å². The molecule has 0 aliphatic carbocycles. The molecule has 1 aliphatic rings. The van der Waals surface area contributed by atoms with Gasteiger partial charge in [0.15, 0.2) is 12.4 Å². The Bertz CT molecular complexity index is 651. The summed E-state index contributed by atoms with van der Waals surface area (Å²) >= 11 is 0. The molecular formula is C16H21BNO2+. The average molecular weight is 270 g/mol. The van der Waals surface area contributed by atoms with Crippen molar-refractivity contribution in [1.29, 1.82) is 0 Å². The molecule has 0 atom stereocenters. The van der Waals surface area contributed by atoms with Crippen molar-refractivity contribution >= 4 is 23.4 Å². The van der Waals surface area contributed by atoms with Gasteiger partial charge in [-0.3, -0.25) is 0 Å². The highest BCUT2D eigenvalue weighted by Gasteiger charge is 2.51. The molecule has 0 N–H and O–H groups in total. The second-order valence-corrected chi connectivity index (χ2v) is 6.59. The van der Waals surface area contributed by atoms with E-state index >= 15 is 0 Å². The Labute approximate surface area is 120 Å². The van der Waals surface area contributed by atoms with Crippen LogP contribution >= 0.6 is 0 Å². The first-order valence-corrected chi connectivity index (χ1v) is 7.03. The highest BCUT2D eigenvalue weighted by Crippen LogP contribution is 2.36. The lowest BCUT2D eigenvalue weighted by Crippen LogP contribution is -2.41. The van der Waals surface area contributed by atoms with Crippen LogP contribution in [0.25, 0.3) is 10.8 Å². The van der Waals surface area contributed by atoms with E-state index in [9.17, 15) is 0 Å². The molecule has 1 aromatic heterocycles. The summed E-state index contributed by atoms with van der Waals surface area (Å²) in [4.78, 5) is 0. The Morgan fingerprint density at radius 2 is 1.60 bits per heavy atom. The Kier molecular flexibility index (Phi) is 2.92. The molecular weight excluding hydrogens is 249 g/mol. The average Bonchev–Trinajstić information content (AvgIpc) is 2.58. The van der Waals surface area contributed by atoms with Crippen molar-refractivity contribution < 1.29 is 13.9 Å². The monoisotopic (exact) mass is 270 g/mol. The lowest BCUT2D eigenvalue weighted by molar-refractivity contribution is -0.670. The van der Waals surface area contributed by atoms with Gasteiger partial charge in [0.2, 0.25) is 0 Å². The van der Waals surface area contributed by atoms with Crippen LogP contribution in [-0.4, -0.2) is 18.3 Å². The third kappa shape index (κ3) is 2.13. The van der Waals surface area contributed by atoms with E-state index in [2.05, 4.69) is 68.9 Å². The van der Waals surface area contributed by atoms with Crippen LogP contribution in [0.5, 0.6) is 0 Å². The Morgan fingerprint density at radius 3 is 2.25 bits per heavy atom. The van der Waals surface area contributed by atoms with E-state index in [0.717, 1.165) is 5.46 Å². The van der Waals surface area contributed by atoms with Crippen molar-refractivity contribution in [3.8, 4) is 0 Å². The fraction of sp³-hybridized carbons (Fsp3) is 0.438. The van der Waals surface area contributed by atoms with E-state index in [1.165, 1.54) is 10.8 Å². The van der Waals surface area contributed by atoms with E-state index < -0.39 is 0 Å². The second kappa shape index (κ2) is 4.30. The molecule has 0 bridgehead atoms. The van der Waals surface area contributed by atoms with Crippen LogP contribution < -0.4 is 10.0 Å². The van der Waals surface area contributed by atoms with Gasteiger partial charge in [0.05, 0.1) is 11.2 Å². The van der Waals surface area contributed by atoms with Crippen LogP contribution in [0.4, 0.5) is 0 Å². The van der Waals surface area contributed by atoms with Crippen LogP contribution in [0, 0.1) is 0 Å². The molecule has 4 heteroatoms. The van der Waals surface area contributed by atoms with Gasteiger partial charge in [0.25, 0.3) is 0 Å². The minimum absolute atomic E-state index is 0.293. The molecule has 1 aromatic carbocycles. The smallest absolute Gasteiger partial charge is 0.399 e. The van der Waals surface area contributed by atoms with Gasteiger partial charge in [-0.05, 0) is 44.6 Å². The summed E-state index contributed by atoms with van der Waals surface area (Å²) in [5, 5.41) is 2.42. The fourth-order valence-electron chi connectivity index (χ4n) is 2.44. The van der Waals surface area contributed by atoms with E-state index in [0.29, 0.717) is 0 Å². The van der Waals surface area contributed by atoms with E-state index in [1.807, 2.05) is 7.05 Å². The van der Waals surface area contributed by atoms with Crippen molar-refractivity contribution in [1.82, 2.24) is 0 Å². The van der Waals surface area contributed by atoms with Crippen LogP contribution in [0.1, 0.15) is 27.7 Å². The van der Waals surface area contributed by atoms with Crippen LogP contribution in [0.3, 0.4) is 0 Å². The van der Waals surface area contributed by atoms with Gasteiger partial charge in [-0.2, -0.15) is 0 Å². The Morgan fingerprint density at radius 1 is 0.950 bits per heavy atom. The van der Waals surface area contributed by atoms with E-state index in [4.69, 9.17) is 9.31 Å². The zero-order valence-electron chi connectivity index (χ0n) is 12.8. The fourth-order valence-corrected chi connectivity index (χ4v) is 2.44. The third-order valence-electron chi connectivity index (χ3n) is 4.47. The normalized spacial score (nSPS) is 20.6. The zero-order valence-corrected chi connectivity index (χ0v) is 12.8. The van der Waals surface area contributed by atoms with Gasteiger partial charge in [0, 0.05) is 11.5 Å². The van der Waals surface area contributed by atoms with Gasteiger partial charge in [0.1, 0.15) is 7.05 Å². The number of hydrogen-bond acceptors (Lipinski definition) is 2. The molecule has 0 amide bonds. The first-order valence-electron chi connectivity index (χ1n) is 7.03. The van der Waals surface area contributed by atoms with Gasteiger partial charge in [-0.25, -0.2) is 4.57 Å². The van der Waals surface area contributed by atoms with Crippen molar-refractivity contribution in [2.24, 2.45) is 7.05 Å². The summed E-state index contributed by atoms with van der Waals surface area (Å²) in [6.07, 6.45) is 4.17. The number of benzene rings is 1. The molecule has 3 rings (SSSR count). The summed E-state index contributed by atoms with van der Waals surface area (Å²) < 4.78 is 14.2. The summed E-state index contributed by atoms with van der Waals surface area (Å²) in [5.74, 6) is 0. The standard InChI is InChI=1S/C16H21BNO2/c1-15(2)16(3,4)20-17(19-15)14-7-6-13-11-18(5)9-8-12(13)10-14/h6-11H,1-5H3/q+1. The quantitative estimate of drug-likeness (QED) is 0.584. The topological polar surface area (TPSA) is 22.3 Å². The maximum Gasteiger partial charge on any atom is 0.494 e. The summed E-state index contributed by atoms with van der Waals surface area (Å²) in [5.41, 5.74) is 0.482. The predicted octanol–water partition coefficient (Wildman–Crippen LogP) is 1.96. The first-order chi connectivity index (χ1) is 9.28. The number of rotatable bonds is 1. The zero-order chi connectivity index (χ0) is 14.5. The van der Waals surface area contributed by atoms with Crippen molar-refractivity contribution in [3.63, 3.8) is 0 Å². The SMILES string of the molecule is C[n+]1ccc2cc(B3OC(C)(C)C(C)(C)O3)ccc2c1. The van der Waals surface area contributed by atoms with Crippen LogP contribution in [-0.2, 0) is 16.4 Å². The molecule has 104 valence electrons. The molecule has 20 heavy (non-hydrogen) atoms. The van der Waals surface area contributed by atoms with Crippen molar-refractivity contribution in [2.45, 2.75) is 38.9 Å². The maximum absolute atomic E-state index is 6.10. The minimum Gasteiger partial charge on any atom is -0.399 e. The minimum atomic E-state index is -0.296. The number of fused-ring (bicyclic) bond motifs is 1. The number of aromatic nitrogens is 1. The molecule has 2 aromatic rings. The summed E-state index contributed by atoms with van der Waals surface area (Å²) in [6.45, 7) is 8.31. The van der Waals surface area contributed by atoms with Gasteiger partial charge in [-0.15, -0.1) is 0 Å². The van der Waals surface area contributed by atoms with Gasteiger partial charge < -0.3 is 9.31 Å². The third-order valence-corrected chi connectivity index (χ3v) is 4.47. The molecule has 2 heterocycles. The van der Waals surface area contributed by atoms with Gasteiger partial charge in [-0.1, -0.05) is 12.1 Å². The van der Waals surface area contributed by atoms with Crippen LogP contribution in [0.2, 0.25) is 0 Å². The van der Waals surface area contributed by atoms with Crippen molar-refractivity contribution in [3.05, 3.63) is 36.7 Å². The summed E-state index contributed by atoms with van der Waals surface area (Å²) in [6, 6.07) is 8.47. The molecule has 1 saturated heterocycles. The number of pyridine rings is 1. The summed E-state index contributed by atoms with van der Waals surface area (Å²) in [7, 11) is 1.74. The van der Waals surface area contributed by atoms with Crippen molar-refractivity contribution in [2.75, 3.05) is 0 Å². The predicted molar refractivity (Wildman–Crippen MR) is 80.8 cm³/mol. The number of nitrogens with zero attached hydrogens (tertiary/aromatic N) is 1. The number of aryl methyl sites for hydroxylation is 1. The molecule has 3 nitrogen and oxygen atoms in total. The Balaban J connectivity index is 1.98. The highest BCUT2D eigenvalue weighted by atomic mass is 16.7. The largest absolute Gasteiger partial charge is 0.494 e. The second-order valence-electron chi connectivity index (χ2n) is 6.59. The molecule has 0 saturated carbocycles. The molecule has 0 spiro atoms. The van der Waals surface area contributed by atoms with Gasteiger partial charge >= 0.3 is 7.12 Å². The molecule has 1 fully saturated rings. The molecule has 0 unspecified atom stereocenters. The molecule has 1 aliphatic heterocycles. The first kappa shape index (κ1) is 13.6. The highest BCUT2D eigenvalue weighted by molar-refractivity contribution is 6.62. The van der Waals surface area contributed by atoms with E-state index in [-0.39, 0.29) is 18.3 Å². The lowest BCUT2D eigenvalue weighted by Gasteiger charge is -2.32. The number of hydrogen-bond donors (Lipinski definition) is 0. The molecule has 0 radical (unpaired) electrons.